The summed E-state index contributed by atoms with van der Waals surface area (Å²) < 4.78 is 5.10. The second kappa shape index (κ2) is 6.83. The molecule has 0 saturated carbocycles. The highest BCUT2D eigenvalue weighted by molar-refractivity contribution is 6.31. The molecule has 1 atom stereocenters. The zero-order valence-electron chi connectivity index (χ0n) is 13.6. The van der Waals surface area contributed by atoms with Gasteiger partial charge in [0.1, 0.15) is 17.5 Å². The van der Waals surface area contributed by atoms with Gasteiger partial charge in [0, 0.05) is 21.5 Å². The predicted octanol–water partition coefficient (Wildman–Crippen LogP) is 3.63. The molecule has 0 aliphatic heterocycles. The minimum atomic E-state index is -0.308. The van der Waals surface area contributed by atoms with Gasteiger partial charge in [0.05, 0.1) is 13.2 Å². The molecule has 0 unspecified atom stereocenters. The van der Waals surface area contributed by atoms with Gasteiger partial charge in [0.15, 0.2) is 0 Å². The fourth-order valence-electron chi connectivity index (χ4n) is 2.58. The summed E-state index contributed by atoms with van der Waals surface area (Å²) >= 11 is 6.02. The number of nitrogens with one attached hydrogen (secondary N) is 2. The van der Waals surface area contributed by atoms with Gasteiger partial charge in [0.2, 0.25) is 5.88 Å². The van der Waals surface area contributed by atoms with Crippen LogP contribution in [0.3, 0.4) is 0 Å². The molecule has 0 bridgehead atoms. The van der Waals surface area contributed by atoms with Crippen molar-refractivity contribution in [3.05, 3.63) is 62.9 Å². The van der Waals surface area contributed by atoms with Crippen molar-refractivity contribution in [2.24, 2.45) is 0 Å². The zero-order chi connectivity index (χ0) is 18.0. The van der Waals surface area contributed by atoms with Crippen molar-refractivity contribution in [1.82, 2.24) is 9.97 Å². The van der Waals surface area contributed by atoms with Gasteiger partial charge in [-0.2, -0.15) is 10.2 Å². The number of fused-ring (bicyclic) bond motifs is 1. The van der Waals surface area contributed by atoms with E-state index in [4.69, 9.17) is 21.6 Å². The van der Waals surface area contributed by atoms with E-state index in [1.54, 1.807) is 36.4 Å². The van der Waals surface area contributed by atoms with Crippen molar-refractivity contribution in [1.29, 1.82) is 5.26 Å². The summed E-state index contributed by atoms with van der Waals surface area (Å²) in [6, 6.07) is 12.1. The van der Waals surface area contributed by atoms with Crippen LogP contribution in [0.25, 0.3) is 10.9 Å². The van der Waals surface area contributed by atoms with Crippen molar-refractivity contribution in [3.8, 4) is 11.9 Å². The Balaban J connectivity index is 1.94. The number of hydrogen-bond donors (Lipinski definition) is 2. The van der Waals surface area contributed by atoms with Gasteiger partial charge in [0.25, 0.3) is 5.56 Å². The molecular formula is C18H15ClN4O2. The Kier molecular flexibility index (Phi) is 4.59. The van der Waals surface area contributed by atoms with Crippen LogP contribution in [0.5, 0.6) is 5.88 Å². The predicted molar refractivity (Wildman–Crippen MR) is 97.1 cm³/mol. The maximum atomic E-state index is 12.4. The maximum absolute atomic E-state index is 12.4. The standard InChI is InChI=1S/C18H15ClN4O2/c1-10(21-16-6-3-11(9-20)18(23-16)25-2)14-8-12-7-13(19)4-5-15(12)22-17(14)24/h3-8,10H,1-2H3,(H,21,23)(H,22,24)/t10-/m1/s1. The molecule has 3 rings (SSSR count). The lowest BCUT2D eigenvalue weighted by Gasteiger charge is -2.15. The zero-order valence-corrected chi connectivity index (χ0v) is 14.4. The summed E-state index contributed by atoms with van der Waals surface area (Å²) in [6.07, 6.45) is 0. The summed E-state index contributed by atoms with van der Waals surface area (Å²) in [7, 11) is 1.45. The smallest absolute Gasteiger partial charge is 0.253 e. The van der Waals surface area contributed by atoms with E-state index in [2.05, 4.69) is 15.3 Å². The Morgan fingerprint density at radius 2 is 2.12 bits per heavy atom. The number of aromatic nitrogens is 2. The number of anilines is 1. The number of nitrogens with zero attached hydrogens (tertiary/aromatic N) is 2. The van der Waals surface area contributed by atoms with E-state index in [1.807, 2.05) is 13.0 Å². The van der Waals surface area contributed by atoms with E-state index in [0.717, 1.165) is 10.9 Å². The van der Waals surface area contributed by atoms with Crippen LogP contribution in [0.1, 0.15) is 24.1 Å². The minimum absolute atomic E-state index is 0.185. The summed E-state index contributed by atoms with van der Waals surface area (Å²) in [5.41, 5.74) is 1.44. The van der Waals surface area contributed by atoms with Crippen LogP contribution in [0.15, 0.2) is 41.2 Å². The average molecular weight is 355 g/mol. The number of halogens is 1. The van der Waals surface area contributed by atoms with Crippen LogP contribution in [-0.4, -0.2) is 17.1 Å². The fraction of sp³-hybridized carbons (Fsp3) is 0.167. The lowest BCUT2D eigenvalue weighted by atomic mass is 10.1. The maximum Gasteiger partial charge on any atom is 0.253 e. The van der Waals surface area contributed by atoms with Crippen LogP contribution < -0.4 is 15.6 Å². The van der Waals surface area contributed by atoms with Gasteiger partial charge >= 0.3 is 0 Å². The number of nitriles is 1. The SMILES string of the molecule is COc1nc(N[C@H](C)c2cc3cc(Cl)ccc3[nH]c2=O)ccc1C#N. The van der Waals surface area contributed by atoms with Gasteiger partial charge < -0.3 is 15.0 Å². The molecule has 0 radical (unpaired) electrons. The summed E-state index contributed by atoms with van der Waals surface area (Å²) in [6.45, 7) is 1.85. The Bertz CT molecular complexity index is 1040. The molecule has 25 heavy (non-hydrogen) atoms. The molecule has 0 aliphatic carbocycles. The van der Waals surface area contributed by atoms with E-state index in [9.17, 15) is 4.79 Å². The van der Waals surface area contributed by atoms with Gasteiger partial charge in [-0.1, -0.05) is 11.6 Å². The number of hydrogen-bond acceptors (Lipinski definition) is 5. The van der Waals surface area contributed by atoms with Crippen molar-refractivity contribution in [2.75, 3.05) is 12.4 Å². The third-order valence-corrected chi connectivity index (χ3v) is 4.08. The monoisotopic (exact) mass is 354 g/mol. The van der Waals surface area contributed by atoms with Crippen molar-refractivity contribution in [2.45, 2.75) is 13.0 Å². The summed E-state index contributed by atoms with van der Waals surface area (Å²) in [5.74, 6) is 0.743. The Hall–Kier alpha value is -3.04. The van der Waals surface area contributed by atoms with Crippen molar-refractivity contribution < 1.29 is 4.74 Å². The molecule has 3 aromatic rings. The number of methoxy groups -OCH3 is 1. The molecule has 6 nitrogen and oxygen atoms in total. The first kappa shape index (κ1) is 16.8. The normalized spacial score (nSPS) is 11.8. The molecule has 2 N–H and O–H groups in total. The highest BCUT2D eigenvalue weighted by Gasteiger charge is 2.13. The summed E-state index contributed by atoms with van der Waals surface area (Å²) in [4.78, 5) is 19.5. The van der Waals surface area contributed by atoms with E-state index in [0.29, 0.717) is 22.0 Å². The first-order valence-electron chi connectivity index (χ1n) is 7.56. The fourth-order valence-corrected chi connectivity index (χ4v) is 2.76. The third-order valence-electron chi connectivity index (χ3n) is 3.84. The number of pyridine rings is 2. The second-order valence-corrected chi connectivity index (χ2v) is 5.95. The average Bonchev–Trinajstić information content (AvgIpc) is 2.61. The Morgan fingerprint density at radius 3 is 2.84 bits per heavy atom. The van der Waals surface area contributed by atoms with Crippen LogP contribution in [-0.2, 0) is 0 Å². The topological polar surface area (TPSA) is 90.8 Å². The van der Waals surface area contributed by atoms with Crippen LogP contribution >= 0.6 is 11.6 Å². The first-order chi connectivity index (χ1) is 12.0. The van der Waals surface area contributed by atoms with E-state index in [1.165, 1.54) is 7.11 Å². The molecule has 0 fully saturated rings. The Morgan fingerprint density at radius 1 is 1.32 bits per heavy atom. The van der Waals surface area contributed by atoms with Crippen molar-refractivity contribution >= 4 is 28.3 Å². The molecule has 2 aromatic heterocycles. The van der Waals surface area contributed by atoms with E-state index < -0.39 is 0 Å². The highest BCUT2D eigenvalue weighted by atomic mass is 35.5. The number of aromatic amines is 1. The lowest BCUT2D eigenvalue weighted by molar-refractivity contribution is 0.397. The van der Waals surface area contributed by atoms with E-state index >= 15 is 0 Å². The third kappa shape index (κ3) is 3.42. The van der Waals surface area contributed by atoms with Crippen LogP contribution in [0.2, 0.25) is 5.02 Å². The number of ether oxygens (including phenoxy) is 1. The molecule has 0 aliphatic rings. The minimum Gasteiger partial charge on any atom is -0.480 e. The van der Waals surface area contributed by atoms with Crippen LogP contribution in [0.4, 0.5) is 5.82 Å². The molecule has 0 saturated heterocycles. The molecular weight excluding hydrogens is 340 g/mol. The molecule has 126 valence electrons. The molecule has 2 heterocycles. The first-order valence-corrected chi connectivity index (χ1v) is 7.94. The molecule has 7 heteroatoms. The van der Waals surface area contributed by atoms with Crippen molar-refractivity contribution in [3.63, 3.8) is 0 Å². The molecule has 1 aromatic carbocycles. The van der Waals surface area contributed by atoms with Gasteiger partial charge in [-0.25, -0.2) is 0 Å². The number of H-pyrrole nitrogens is 1. The molecule has 0 amide bonds. The largest absolute Gasteiger partial charge is 0.480 e. The Labute approximate surface area is 149 Å². The summed E-state index contributed by atoms with van der Waals surface area (Å²) in [5, 5.41) is 13.6. The van der Waals surface area contributed by atoms with E-state index in [-0.39, 0.29) is 17.5 Å². The van der Waals surface area contributed by atoms with Gasteiger partial charge in [-0.15, -0.1) is 0 Å². The quantitative estimate of drug-likeness (QED) is 0.746. The highest BCUT2D eigenvalue weighted by Crippen LogP contribution is 2.23. The number of benzene rings is 1. The number of rotatable bonds is 4. The lowest BCUT2D eigenvalue weighted by Crippen LogP contribution is -2.19. The second-order valence-electron chi connectivity index (χ2n) is 5.52. The van der Waals surface area contributed by atoms with Gasteiger partial charge in [-0.3, -0.25) is 4.79 Å². The molecule has 0 spiro atoms. The van der Waals surface area contributed by atoms with Crippen LogP contribution in [0, 0.1) is 11.3 Å². The van der Waals surface area contributed by atoms with Gasteiger partial charge in [-0.05, 0) is 43.3 Å².